The highest BCUT2D eigenvalue weighted by Gasteiger charge is 2.06. The molecule has 15 heavy (non-hydrogen) atoms. The fourth-order valence-corrected chi connectivity index (χ4v) is 1.50. The van der Waals surface area contributed by atoms with Crippen LogP contribution in [0.15, 0.2) is 12.4 Å². The Morgan fingerprint density at radius 3 is 2.87 bits per heavy atom. The Morgan fingerprint density at radius 1 is 1.60 bits per heavy atom. The van der Waals surface area contributed by atoms with Crippen molar-refractivity contribution in [2.24, 2.45) is 5.73 Å². The van der Waals surface area contributed by atoms with Crippen LogP contribution in [0.25, 0.3) is 0 Å². The molecule has 0 aliphatic rings. The standard InChI is InChI=1S/C8H12N4OS2/c1-15(13)5-4-12-8-6(7(9)14)10-2-3-11-8/h2-3H,4-5H2,1H3,(H2,9,14)(H,11,12). The summed E-state index contributed by atoms with van der Waals surface area (Å²) in [5, 5.41) is 2.99. The first-order valence-electron chi connectivity index (χ1n) is 4.26. The second kappa shape index (κ2) is 5.72. The number of nitrogens with one attached hydrogen (secondary N) is 1. The van der Waals surface area contributed by atoms with Crippen LogP contribution in [0.2, 0.25) is 0 Å². The summed E-state index contributed by atoms with van der Waals surface area (Å²) in [6.07, 6.45) is 4.72. The molecule has 0 aliphatic heterocycles. The van der Waals surface area contributed by atoms with Gasteiger partial charge in [-0.3, -0.25) is 4.21 Å². The minimum atomic E-state index is -0.831. The SMILES string of the molecule is CS(=O)CCNc1nccnc1C(N)=S. The minimum absolute atomic E-state index is 0.197. The molecular formula is C8H12N4OS2. The highest BCUT2D eigenvalue weighted by Crippen LogP contribution is 2.06. The van der Waals surface area contributed by atoms with E-state index in [0.717, 1.165) is 0 Å². The maximum Gasteiger partial charge on any atom is 0.155 e. The zero-order valence-electron chi connectivity index (χ0n) is 8.27. The number of anilines is 1. The summed E-state index contributed by atoms with van der Waals surface area (Å²) in [7, 11) is -0.831. The first-order valence-corrected chi connectivity index (χ1v) is 6.39. The van der Waals surface area contributed by atoms with Crippen molar-refractivity contribution in [3.63, 3.8) is 0 Å². The van der Waals surface area contributed by atoms with Gasteiger partial charge in [-0.2, -0.15) is 0 Å². The molecule has 0 radical (unpaired) electrons. The predicted octanol–water partition coefficient (Wildman–Crippen LogP) is -0.0988. The average Bonchev–Trinajstić information content (AvgIpc) is 2.17. The first kappa shape index (κ1) is 12.0. The number of nitrogens with zero attached hydrogens (tertiary/aromatic N) is 2. The summed E-state index contributed by atoms with van der Waals surface area (Å²) in [5.41, 5.74) is 5.94. The third kappa shape index (κ3) is 3.88. The van der Waals surface area contributed by atoms with Crippen LogP contribution in [0.4, 0.5) is 5.82 Å². The van der Waals surface area contributed by atoms with Gasteiger partial charge in [0.15, 0.2) is 5.82 Å². The second-order valence-electron chi connectivity index (χ2n) is 2.82. The van der Waals surface area contributed by atoms with E-state index in [1.807, 2.05) is 0 Å². The monoisotopic (exact) mass is 244 g/mol. The van der Waals surface area contributed by atoms with Crippen molar-refractivity contribution in [2.45, 2.75) is 0 Å². The molecule has 1 aromatic rings. The molecule has 0 saturated carbocycles. The van der Waals surface area contributed by atoms with E-state index in [1.165, 1.54) is 6.20 Å². The summed E-state index contributed by atoms with van der Waals surface area (Å²) < 4.78 is 10.8. The van der Waals surface area contributed by atoms with E-state index >= 15 is 0 Å². The number of thiocarbonyl (C=S) groups is 1. The van der Waals surface area contributed by atoms with Gasteiger partial charge < -0.3 is 11.1 Å². The summed E-state index contributed by atoms with van der Waals surface area (Å²) in [6.45, 7) is 0.553. The molecule has 0 aromatic carbocycles. The minimum Gasteiger partial charge on any atom is -0.388 e. The first-order chi connectivity index (χ1) is 7.11. The number of nitrogens with two attached hydrogens (primary N) is 1. The molecular weight excluding hydrogens is 232 g/mol. The van der Waals surface area contributed by atoms with Crippen molar-refractivity contribution >= 4 is 33.8 Å². The third-order valence-electron chi connectivity index (χ3n) is 1.61. The lowest BCUT2D eigenvalue weighted by molar-refractivity contribution is 0.687. The number of hydrogen-bond acceptors (Lipinski definition) is 5. The van der Waals surface area contributed by atoms with E-state index in [9.17, 15) is 4.21 Å². The molecule has 0 spiro atoms. The van der Waals surface area contributed by atoms with Crippen LogP contribution >= 0.6 is 12.2 Å². The number of hydrogen-bond donors (Lipinski definition) is 2. The molecule has 7 heteroatoms. The van der Waals surface area contributed by atoms with E-state index in [2.05, 4.69) is 15.3 Å². The molecule has 1 unspecified atom stereocenters. The van der Waals surface area contributed by atoms with Crippen LogP contribution in [-0.2, 0) is 10.8 Å². The van der Waals surface area contributed by atoms with Crippen molar-refractivity contribution in [3.05, 3.63) is 18.1 Å². The average molecular weight is 244 g/mol. The van der Waals surface area contributed by atoms with Gasteiger partial charge in [0.25, 0.3) is 0 Å². The predicted molar refractivity (Wildman–Crippen MR) is 65.3 cm³/mol. The molecule has 0 aliphatic carbocycles. The highest BCUT2D eigenvalue weighted by atomic mass is 32.2. The lowest BCUT2D eigenvalue weighted by Crippen LogP contribution is -2.18. The fraction of sp³-hybridized carbons (Fsp3) is 0.375. The summed E-state index contributed by atoms with van der Waals surface area (Å²) in [4.78, 5) is 8.26. The normalized spacial score (nSPS) is 12.1. The van der Waals surface area contributed by atoms with Gasteiger partial charge in [-0.15, -0.1) is 0 Å². The third-order valence-corrected chi connectivity index (χ3v) is 2.59. The zero-order valence-corrected chi connectivity index (χ0v) is 9.90. The van der Waals surface area contributed by atoms with Crippen LogP contribution in [0.3, 0.4) is 0 Å². The zero-order chi connectivity index (χ0) is 11.3. The molecule has 0 amide bonds. The Morgan fingerprint density at radius 2 is 2.27 bits per heavy atom. The largest absolute Gasteiger partial charge is 0.388 e. The van der Waals surface area contributed by atoms with Crippen molar-refractivity contribution < 1.29 is 4.21 Å². The molecule has 5 nitrogen and oxygen atoms in total. The van der Waals surface area contributed by atoms with Gasteiger partial charge in [0.1, 0.15) is 10.7 Å². The van der Waals surface area contributed by atoms with Gasteiger partial charge in [-0.1, -0.05) is 12.2 Å². The lowest BCUT2D eigenvalue weighted by Gasteiger charge is -2.07. The highest BCUT2D eigenvalue weighted by molar-refractivity contribution is 7.84. The Kier molecular flexibility index (Phi) is 4.57. The molecule has 1 heterocycles. The van der Waals surface area contributed by atoms with E-state index in [1.54, 1.807) is 12.5 Å². The van der Waals surface area contributed by atoms with E-state index in [4.69, 9.17) is 18.0 Å². The van der Waals surface area contributed by atoms with Crippen molar-refractivity contribution in [1.82, 2.24) is 9.97 Å². The van der Waals surface area contributed by atoms with Crippen molar-refractivity contribution in [3.8, 4) is 0 Å². The van der Waals surface area contributed by atoms with Gasteiger partial charge in [-0.25, -0.2) is 9.97 Å². The topological polar surface area (TPSA) is 80.9 Å². The molecule has 0 saturated heterocycles. The molecule has 0 fully saturated rings. The smallest absolute Gasteiger partial charge is 0.155 e. The molecule has 82 valence electrons. The van der Waals surface area contributed by atoms with E-state index in [-0.39, 0.29) is 4.99 Å². The molecule has 1 atom stereocenters. The van der Waals surface area contributed by atoms with Gasteiger partial charge in [0.05, 0.1) is 0 Å². The summed E-state index contributed by atoms with van der Waals surface area (Å²) >= 11 is 4.83. The quantitative estimate of drug-likeness (QED) is 0.704. The van der Waals surface area contributed by atoms with Crippen molar-refractivity contribution in [1.29, 1.82) is 0 Å². The van der Waals surface area contributed by atoms with Crippen LogP contribution < -0.4 is 11.1 Å². The Labute approximate surface area is 96.0 Å². The lowest BCUT2D eigenvalue weighted by atomic mass is 10.4. The molecule has 3 N–H and O–H groups in total. The Hall–Kier alpha value is -1.08. The van der Waals surface area contributed by atoms with Crippen molar-refractivity contribution in [2.75, 3.05) is 23.9 Å². The van der Waals surface area contributed by atoms with Gasteiger partial charge >= 0.3 is 0 Å². The fourth-order valence-electron chi connectivity index (χ4n) is 0.961. The second-order valence-corrected chi connectivity index (χ2v) is 4.82. The maximum absolute atomic E-state index is 10.8. The summed E-state index contributed by atoms with van der Waals surface area (Å²) in [6, 6.07) is 0. The molecule has 0 bridgehead atoms. The molecule has 1 rings (SSSR count). The van der Waals surface area contributed by atoms with Gasteiger partial charge in [-0.05, 0) is 0 Å². The van der Waals surface area contributed by atoms with Gasteiger partial charge in [0, 0.05) is 41.7 Å². The van der Waals surface area contributed by atoms with Crippen LogP contribution in [0.5, 0.6) is 0 Å². The summed E-state index contributed by atoms with van der Waals surface area (Å²) in [5.74, 6) is 1.09. The number of rotatable bonds is 5. The Balaban J connectivity index is 2.67. The van der Waals surface area contributed by atoms with Crippen LogP contribution in [0.1, 0.15) is 5.69 Å². The number of aromatic nitrogens is 2. The maximum atomic E-state index is 10.8. The van der Waals surface area contributed by atoms with E-state index in [0.29, 0.717) is 23.8 Å². The van der Waals surface area contributed by atoms with Crippen LogP contribution in [0, 0.1) is 0 Å². The Bertz CT molecular complexity index is 383. The molecule has 1 aromatic heterocycles. The van der Waals surface area contributed by atoms with E-state index < -0.39 is 10.8 Å². The van der Waals surface area contributed by atoms with Crippen LogP contribution in [-0.4, -0.2) is 37.7 Å². The van der Waals surface area contributed by atoms with Gasteiger partial charge in [0.2, 0.25) is 0 Å².